The molecule has 0 aliphatic rings. The molecule has 1 atom stereocenters. The molecule has 1 unspecified atom stereocenters. The summed E-state index contributed by atoms with van der Waals surface area (Å²) < 4.78 is 5.12. The fourth-order valence-electron chi connectivity index (χ4n) is 2.23. The van der Waals surface area contributed by atoms with E-state index in [2.05, 4.69) is 37.4 Å². The van der Waals surface area contributed by atoms with Crippen LogP contribution in [0.5, 0.6) is 0 Å². The molecular formula is C15H19NO. The zero-order valence-electron chi connectivity index (χ0n) is 10.7. The van der Waals surface area contributed by atoms with Gasteiger partial charge in [-0.2, -0.15) is 0 Å². The first-order chi connectivity index (χ1) is 8.20. The van der Waals surface area contributed by atoms with Gasteiger partial charge in [0.05, 0.1) is 12.5 Å². The molecule has 1 N–H and O–H groups in total. The minimum absolute atomic E-state index is 0.341. The summed E-state index contributed by atoms with van der Waals surface area (Å²) >= 11 is 0. The molecule has 1 aromatic heterocycles. The van der Waals surface area contributed by atoms with Crippen LogP contribution in [0.4, 0.5) is 0 Å². The van der Waals surface area contributed by atoms with Crippen molar-refractivity contribution >= 4 is 0 Å². The normalized spacial score (nSPS) is 12.6. The summed E-state index contributed by atoms with van der Waals surface area (Å²) in [6, 6.07) is 8.98. The van der Waals surface area contributed by atoms with Crippen molar-refractivity contribution in [2.75, 3.05) is 7.05 Å². The van der Waals surface area contributed by atoms with E-state index in [0.29, 0.717) is 6.04 Å². The lowest BCUT2D eigenvalue weighted by Crippen LogP contribution is -2.19. The molecule has 0 spiro atoms. The van der Waals surface area contributed by atoms with Gasteiger partial charge in [-0.1, -0.05) is 23.8 Å². The van der Waals surface area contributed by atoms with Crippen molar-refractivity contribution < 1.29 is 4.42 Å². The van der Waals surface area contributed by atoms with Gasteiger partial charge in [-0.3, -0.25) is 0 Å². The summed E-state index contributed by atoms with van der Waals surface area (Å²) in [6.07, 6.45) is 4.49. The number of nitrogens with one attached hydrogen (secondary N) is 1. The lowest BCUT2D eigenvalue weighted by molar-refractivity contribution is 0.551. The third-order valence-electron chi connectivity index (χ3n) is 3.17. The number of hydrogen-bond donors (Lipinski definition) is 1. The van der Waals surface area contributed by atoms with Gasteiger partial charge in [0.2, 0.25) is 0 Å². The van der Waals surface area contributed by atoms with Crippen molar-refractivity contribution in [3.63, 3.8) is 0 Å². The van der Waals surface area contributed by atoms with Gasteiger partial charge in [-0.25, -0.2) is 0 Å². The zero-order valence-corrected chi connectivity index (χ0v) is 10.7. The van der Waals surface area contributed by atoms with E-state index in [1.807, 2.05) is 19.4 Å². The fraction of sp³-hybridized carbons (Fsp3) is 0.333. The van der Waals surface area contributed by atoms with Gasteiger partial charge in [0, 0.05) is 6.04 Å². The Morgan fingerprint density at radius 2 is 2.06 bits per heavy atom. The number of rotatable bonds is 4. The summed E-state index contributed by atoms with van der Waals surface area (Å²) in [7, 11) is 2.00. The standard InChI is InChI=1S/C15H19NO/c1-11-4-5-14(12(2)8-11)15(16-3)9-13-6-7-17-10-13/h4-8,10,15-16H,9H2,1-3H3. The molecule has 2 heteroatoms. The highest BCUT2D eigenvalue weighted by atomic mass is 16.3. The van der Waals surface area contributed by atoms with Crippen molar-refractivity contribution in [3.05, 3.63) is 59.0 Å². The van der Waals surface area contributed by atoms with Crippen LogP contribution in [0.1, 0.15) is 28.3 Å². The van der Waals surface area contributed by atoms with E-state index < -0.39 is 0 Å². The van der Waals surface area contributed by atoms with E-state index >= 15 is 0 Å². The Morgan fingerprint density at radius 3 is 2.65 bits per heavy atom. The van der Waals surface area contributed by atoms with Gasteiger partial charge in [0.1, 0.15) is 0 Å². The van der Waals surface area contributed by atoms with Crippen LogP contribution in [0.25, 0.3) is 0 Å². The largest absolute Gasteiger partial charge is 0.472 e. The molecule has 2 aromatic rings. The Balaban J connectivity index is 2.23. The molecule has 17 heavy (non-hydrogen) atoms. The summed E-state index contributed by atoms with van der Waals surface area (Å²) in [5.41, 5.74) is 5.24. The highest BCUT2D eigenvalue weighted by Crippen LogP contribution is 2.22. The predicted octanol–water partition coefficient (Wildman–Crippen LogP) is 3.40. The molecule has 1 aromatic carbocycles. The Hall–Kier alpha value is -1.54. The van der Waals surface area contributed by atoms with Gasteiger partial charge < -0.3 is 9.73 Å². The highest BCUT2D eigenvalue weighted by Gasteiger charge is 2.12. The SMILES string of the molecule is CNC(Cc1ccoc1)c1ccc(C)cc1C. The number of aryl methyl sites for hydroxylation is 2. The first kappa shape index (κ1) is 11.9. The molecule has 0 amide bonds. The number of furan rings is 1. The third-order valence-corrected chi connectivity index (χ3v) is 3.17. The quantitative estimate of drug-likeness (QED) is 0.869. The lowest BCUT2D eigenvalue weighted by Gasteiger charge is -2.18. The van der Waals surface area contributed by atoms with Crippen LogP contribution in [-0.4, -0.2) is 7.05 Å². The molecule has 0 fully saturated rings. The van der Waals surface area contributed by atoms with E-state index in [4.69, 9.17) is 4.42 Å². The first-order valence-electron chi connectivity index (χ1n) is 5.96. The van der Waals surface area contributed by atoms with Crippen LogP contribution in [0.3, 0.4) is 0 Å². The molecular weight excluding hydrogens is 210 g/mol. The van der Waals surface area contributed by atoms with Crippen molar-refractivity contribution in [3.8, 4) is 0 Å². The van der Waals surface area contributed by atoms with Crippen molar-refractivity contribution in [2.45, 2.75) is 26.3 Å². The molecule has 90 valence electrons. The Labute approximate surface area is 103 Å². The Kier molecular flexibility index (Phi) is 3.64. The minimum atomic E-state index is 0.341. The van der Waals surface area contributed by atoms with Gasteiger partial charge in [0.15, 0.2) is 0 Å². The number of hydrogen-bond acceptors (Lipinski definition) is 2. The number of likely N-dealkylation sites (N-methyl/N-ethyl adjacent to an activating group) is 1. The molecule has 2 rings (SSSR count). The van der Waals surface area contributed by atoms with Crippen LogP contribution in [0.2, 0.25) is 0 Å². The van der Waals surface area contributed by atoms with Crippen molar-refractivity contribution in [2.24, 2.45) is 0 Å². The summed E-state index contributed by atoms with van der Waals surface area (Å²) in [6.45, 7) is 4.29. The molecule has 2 nitrogen and oxygen atoms in total. The fourth-order valence-corrected chi connectivity index (χ4v) is 2.23. The second-order valence-corrected chi connectivity index (χ2v) is 4.54. The molecule has 0 radical (unpaired) electrons. The maximum atomic E-state index is 5.12. The molecule has 1 heterocycles. The third kappa shape index (κ3) is 2.77. The number of benzene rings is 1. The zero-order chi connectivity index (χ0) is 12.3. The molecule has 0 bridgehead atoms. The van der Waals surface area contributed by atoms with E-state index in [1.165, 1.54) is 22.3 Å². The summed E-state index contributed by atoms with van der Waals surface area (Å²) in [5, 5.41) is 3.38. The highest BCUT2D eigenvalue weighted by molar-refractivity contribution is 5.33. The maximum absolute atomic E-state index is 5.12. The molecule has 0 aliphatic heterocycles. The van der Waals surface area contributed by atoms with E-state index in [0.717, 1.165) is 6.42 Å². The first-order valence-corrected chi connectivity index (χ1v) is 5.96. The van der Waals surface area contributed by atoms with Gasteiger partial charge in [-0.15, -0.1) is 0 Å². The van der Waals surface area contributed by atoms with Gasteiger partial charge in [0.25, 0.3) is 0 Å². The van der Waals surface area contributed by atoms with E-state index in [1.54, 1.807) is 6.26 Å². The minimum Gasteiger partial charge on any atom is -0.472 e. The summed E-state index contributed by atoms with van der Waals surface area (Å²) in [5.74, 6) is 0. The lowest BCUT2D eigenvalue weighted by atomic mass is 9.95. The summed E-state index contributed by atoms with van der Waals surface area (Å²) in [4.78, 5) is 0. The van der Waals surface area contributed by atoms with Gasteiger partial charge >= 0.3 is 0 Å². The maximum Gasteiger partial charge on any atom is 0.0935 e. The second-order valence-electron chi connectivity index (χ2n) is 4.54. The smallest absolute Gasteiger partial charge is 0.0935 e. The average Bonchev–Trinajstić information content (AvgIpc) is 2.79. The topological polar surface area (TPSA) is 25.2 Å². The van der Waals surface area contributed by atoms with Crippen molar-refractivity contribution in [1.29, 1.82) is 0 Å². The van der Waals surface area contributed by atoms with Crippen LogP contribution < -0.4 is 5.32 Å². The Morgan fingerprint density at radius 1 is 1.24 bits per heavy atom. The van der Waals surface area contributed by atoms with Crippen LogP contribution in [-0.2, 0) is 6.42 Å². The predicted molar refractivity (Wildman–Crippen MR) is 70.1 cm³/mol. The Bertz CT molecular complexity index is 474. The van der Waals surface area contributed by atoms with Gasteiger partial charge in [-0.05, 0) is 50.1 Å². The molecule has 0 saturated carbocycles. The average molecular weight is 229 g/mol. The van der Waals surface area contributed by atoms with Crippen LogP contribution in [0.15, 0.2) is 41.2 Å². The van der Waals surface area contributed by atoms with E-state index in [9.17, 15) is 0 Å². The molecule has 0 aliphatic carbocycles. The van der Waals surface area contributed by atoms with Crippen molar-refractivity contribution in [1.82, 2.24) is 5.32 Å². The van der Waals surface area contributed by atoms with Crippen LogP contribution in [0, 0.1) is 13.8 Å². The second kappa shape index (κ2) is 5.19. The van der Waals surface area contributed by atoms with E-state index in [-0.39, 0.29) is 0 Å². The van der Waals surface area contributed by atoms with Crippen LogP contribution >= 0.6 is 0 Å². The monoisotopic (exact) mass is 229 g/mol. The molecule has 0 saturated heterocycles.